The Balaban J connectivity index is 1.56. The molecule has 1 atom stereocenters. The number of aryl methyl sites for hydroxylation is 1. The van der Waals surface area contributed by atoms with Gasteiger partial charge in [0, 0.05) is 42.3 Å². The van der Waals surface area contributed by atoms with Gasteiger partial charge in [-0.3, -0.25) is 9.78 Å². The van der Waals surface area contributed by atoms with Crippen molar-refractivity contribution < 1.29 is 4.79 Å². The summed E-state index contributed by atoms with van der Waals surface area (Å²) in [4.78, 5) is 28.0. The van der Waals surface area contributed by atoms with E-state index in [9.17, 15) is 4.79 Å². The van der Waals surface area contributed by atoms with Gasteiger partial charge in [-0.1, -0.05) is 0 Å². The van der Waals surface area contributed by atoms with Crippen LogP contribution in [0.5, 0.6) is 0 Å². The predicted molar refractivity (Wildman–Crippen MR) is 96.1 cm³/mol. The lowest BCUT2D eigenvalue weighted by molar-refractivity contribution is 0.0678. The number of nitrogens with one attached hydrogen (secondary N) is 1. The van der Waals surface area contributed by atoms with E-state index in [1.165, 1.54) is 0 Å². The van der Waals surface area contributed by atoms with E-state index < -0.39 is 0 Å². The third-order valence-electron chi connectivity index (χ3n) is 4.90. The molecule has 1 fully saturated rings. The molecule has 1 amide bonds. The number of nitrogens with zero attached hydrogens (tertiary/aromatic N) is 5. The molecule has 3 aliphatic heterocycles. The summed E-state index contributed by atoms with van der Waals surface area (Å²) in [5, 5.41) is 1.97. The number of amides is 1. The van der Waals surface area contributed by atoms with Crippen molar-refractivity contribution in [3.63, 3.8) is 0 Å². The van der Waals surface area contributed by atoms with Crippen LogP contribution in [-0.2, 0) is 0 Å². The summed E-state index contributed by atoms with van der Waals surface area (Å²) in [6, 6.07) is 3.68. The minimum atomic E-state index is 0.0698. The fourth-order valence-electron chi connectivity index (χ4n) is 3.66. The van der Waals surface area contributed by atoms with E-state index in [4.69, 9.17) is 0 Å². The molecule has 0 aromatic carbocycles. The van der Waals surface area contributed by atoms with Crippen molar-refractivity contribution in [2.24, 2.45) is 15.9 Å². The molecule has 1 N–H and O–H groups in total. The van der Waals surface area contributed by atoms with Gasteiger partial charge in [-0.25, -0.2) is 20.4 Å². The van der Waals surface area contributed by atoms with E-state index >= 15 is 0 Å². The number of carbonyl (C=O) groups is 1. The van der Waals surface area contributed by atoms with Crippen molar-refractivity contribution in [1.82, 2.24) is 20.3 Å². The summed E-state index contributed by atoms with van der Waals surface area (Å²) >= 11 is 0. The maximum absolute atomic E-state index is 12.9. The van der Waals surface area contributed by atoms with Gasteiger partial charge in [0.15, 0.2) is 0 Å². The summed E-state index contributed by atoms with van der Waals surface area (Å²) in [7, 11) is 0. The number of fused-ring (bicyclic) bond motifs is 1. The lowest BCUT2D eigenvalue weighted by atomic mass is 9.92. The molecule has 0 radical (unpaired) electrons. The molecule has 1 saturated heterocycles. The van der Waals surface area contributed by atoms with Crippen molar-refractivity contribution in [3.05, 3.63) is 41.4 Å². The average molecular weight is 338 g/mol. The number of likely N-dealkylation sites (tertiary alicyclic amines) is 1. The van der Waals surface area contributed by atoms with E-state index in [1.54, 1.807) is 6.20 Å². The van der Waals surface area contributed by atoms with Crippen LogP contribution < -0.4 is 5.43 Å². The summed E-state index contributed by atoms with van der Waals surface area (Å²) in [5.41, 5.74) is 6.84. The molecule has 7 nitrogen and oxygen atoms in total. The first-order chi connectivity index (χ1) is 12.1. The highest BCUT2D eigenvalue weighted by Crippen LogP contribution is 2.29. The molecule has 1 aromatic rings. The monoisotopic (exact) mass is 338 g/mol. The lowest BCUT2D eigenvalue weighted by Gasteiger charge is -2.37. The minimum Gasteiger partial charge on any atom is -0.338 e. The van der Waals surface area contributed by atoms with Crippen LogP contribution >= 0.6 is 0 Å². The molecule has 25 heavy (non-hydrogen) atoms. The Bertz CT molecular complexity index is 797. The van der Waals surface area contributed by atoms with Gasteiger partial charge in [0.2, 0.25) is 5.96 Å². The molecule has 7 heteroatoms. The van der Waals surface area contributed by atoms with E-state index in [0.29, 0.717) is 18.8 Å². The SMILES string of the molecule is CC1=NC2=NCNN2C(C2CCCN(C(=O)c3cccnc3C)C2)=C1. The summed E-state index contributed by atoms with van der Waals surface area (Å²) in [6.45, 7) is 5.92. The van der Waals surface area contributed by atoms with Crippen LogP contribution in [0.3, 0.4) is 0 Å². The van der Waals surface area contributed by atoms with Crippen molar-refractivity contribution in [3.8, 4) is 0 Å². The average Bonchev–Trinajstić information content (AvgIpc) is 3.09. The molecule has 4 rings (SSSR count). The standard InChI is InChI=1S/C18H22N6O/c1-12-9-16(24-18(22-12)20-11-21-24)14-5-4-8-23(10-14)17(25)15-6-3-7-19-13(15)2/h3,6-7,9,14,21H,4-5,8,10-11H2,1-2H3. The zero-order valence-electron chi connectivity index (χ0n) is 14.6. The van der Waals surface area contributed by atoms with Gasteiger partial charge in [0.1, 0.15) is 6.67 Å². The third kappa shape index (κ3) is 2.95. The smallest absolute Gasteiger partial charge is 0.255 e. The Kier molecular flexibility index (Phi) is 4.09. The molecule has 0 spiro atoms. The largest absolute Gasteiger partial charge is 0.338 e. The molecular weight excluding hydrogens is 316 g/mol. The second-order valence-corrected chi connectivity index (χ2v) is 6.66. The number of hydrazine groups is 1. The van der Waals surface area contributed by atoms with Crippen molar-refractivity contribution in [1.29, 1.82) is 0 Å². The second-order valence-electron chi connectivity index (χ2n) is 6.66. The maximum Gasteiger partial charge on any atom is 0.255 e. The number of aliphatic imine (C=N–C) groups is 2. The first-order valence-electron chi connectivity index (χ1n) is 8.69. The van der Waals surface area contributed by atoms with Crippen LogP contribution in [-0.4, -0.2) is 52.2 Å². The van der Waals surface area contributed by atoms with Crippen LogP contribution in [0.1, 0.15) is 35.8 Å². The van der Waals surface area contributed by atoms with Crippen LogP contribution in [0.2, 0.25) is 0 Å². The van der Waals surface area contributed by atoms with Crippen molar-refractivity contribution in [2.75, 3.05) is 19.8 Å². The number of carbonyl (C=O) groups excluding carboxylic acids is 1. The molecule has 1 unspecified atom stereocenters. The Morgan fingerprint density at radius 1 is 1.36 bits per heavy atom. The van der Waals surface area contributed by atoms with Gasteiger partial charge in [-0.2, -0.15) is 0 Å². The summed E-state index contributed by atoms with van der Waals surface area (Å²) in [6.07, 6.45) is 5.87. The van der Waals surface area contributed by atoms with Gasteiger partial charge in [-0.05, 0) is 44.9 Å². The highest BCUT2D eigenvalue weighted by atomic mass is 16.2. The number of allylic oxidation sites excluding steroid dienone is 1. The number of piperidine rings is 1. The molecular formula is C18H22N6O. The molecule has 3 aliphatic rings. The van der Waals surface area contributed by atoms with Gasteiger partial charge in [0.25, 0.3) is 5.91 Å². The molecule has 0 aliphatic carbocycles. The molecule has 0 bridgehead atoms. The van der Waals surface area contributed by atoms with Gasteiger partial charge >= 0.3 is 0 Å². The van der Waals surface area contributed by atoms with Crippen molar-refractivity contribution in [2.45, 2.75) is 26.7 Å². The van der Waals surface area contributed by atoms with Crippen LogP contribution in [0.4, 0.5) is 0 Å². The van der Waals surface area contributed by atoms with Crippen molar-refractivity contribution >= 4 is 17.6 Å². The zero-order chi connectivity index (χ0) is 17.4. The Morgan fingerprint density at radius 2 is 2.24 bits per heavy atom. The molecule has 4 heterocycles. The summed E-state index contributed by atoms with van der Waals surface area (Å²) < 4.78 is 0. The van der Waals surface area contributed by atoms with Crippen LogP contribution in [0.25, 0.3) is 0 Å². The second kappa shape index (κ2) is 6.40. The van der Waals surface area contributed by atoms with Gasteiger partial charge in [0.05, 0.1) is 5.56 Å². The topological polar surface area (TPSA) is 73.2 Å². The fourth-order valence-corrected chi connectivity index (χ4v) is 3.66. The van der Waals surface area contributed by atoms with Gasteiger partial charge < -0.3 is 4.90 Å². The Labute approximate surface area is 147 Å². The first-order valence-corrected chi connectivity index (χ1v) is 8.69. The molecule has 0 saturated carbocycles. The highest BCUT2D eigenvalue weighted by molar-refractivity contribution is 6.05. The number of pyridine rings is 1. The number of guanidine groups is 1. The third-order valence-corrected chi connectivity index (χ3v) is 4.90. The number of hydrogen-bond acceptors (Lipinski definition) is 6. The highest BCUT2D eigenvalue weighted by Gasteiger charge is 2.33. The lowest BCUT2D eigenvalue weighted by Crippen LogP contribution is -2.46. The predicted octanol–water partition coefficient (Wildman–Crippen LogP) is 1.73. The number of hydrogen-bond donors (Lipinski definition) is 1. The van der Waals surface area contributed by atoms with Crippen LogP contribution in [0.15, 0.2) is 40.1 Å². The van der Waals surface area contributed by atoms with E-state index in [1.807, 2.05) is 35.9 Å². The van der Waals surface area contributed by atoms with Gasteiger partial charge in [-0.15, -0.1) is 0 Å². The van der Waals surface area contributed by atoms with E-state index in [2.05, 4.69) is 26.5 Å². The minimum absolute atomic E-state index is 0.0698. The zero-order valence-corrected chi connectivity index (χ0v) is 14.6. The Hall–Kier alpha value is -2.54. The van der Waals surface area contributed by atoms with E-state index in [-0.39, 0.29) is 11.8 Å². The molecule has 130 valence electrons. The normalized spacial score (nSPS) is 23.0. The number of aromatic nitrogens is 1. The fraction of sp³-hybridized carbons (Fsp3) is 0.444. The quantitative estimate of drug-likeness (QED) is 0.891. The maximum atomic E-state index is 12.9. The number of rotatable bonds is 2. The first kappa shape index (κ1) is 16.0. The Morgan fingerprint density at radius 3 is 3.08 bits per heavy atom. The van der Waals surface area contributed by atoms with E-state index in [0.717, 1.165) is 42.4 Å². The summed E-state index contributed by atoms with van der Waals surface area (Å²) in [5.74, 6) is 1.07. The van der Waals surface area contributed by atoms with Crippen LogP contribution in [0, 0.1) is 12.8 Å². The molecule has 1 aromatic heterocycles.